The predicted molar refractivity (Wildman–Crippen MR) is 67.3 cm³/mol. The van der Waals surface area contributed by atoms with Crippen molar-refractivity contribution < 1.29 is 9.13 Å². The molecule has 0 saturated carbocycles. The maximum absolute atomic E-state index is 13.6. The van der Waals surface area contributed by atoms with Gasteiger partial charge < -0.3 is 10.5 Å². The Balaban J connectivity index is 2.86. The summed E-state index contributed by atoms with van der Waals surface area (Å²) in [5.74, 6) is 5.37. The smallest absolute Gasteiger partial charge is 0.165 e. The lowest BCUT2D eigenvalue weighted by atomic mass is 10.0. The summed E-state index contributed by atoms with van der Waals surface area (Å²) < 4.78 is 19.0. The minimum Gasteiger partial charge on any atom is -0.478 e. The van der Waals surface area contributed by atoms with E-state index in [-0.39, 0.29) is 24.2 Å². The molecule has 1 rings (SSSR count). The van der Waals surface area contributed by atoms with Gasteiger partial charge >= 0.3 is 0 Å². The molecule has 0 aromatic heterocycles. The first kappa shape index (κ1) is 13.5. The maximum atomic E-state index is 13.6. The first-order chi connectivity index (χ1) is 8.19. The van der Waals surface area contributed by atoms with Crippen LogP contribution in [-0.2, 0) is 6.42 Å². The van der Waals surface area contributed by atoms with E-state index in [2.05, 4.69) is 11.8 Å². The SMILES string of the molecule is CC#CCOc1c(F)cccc1CC(N)CC. The number of ether oxygens (including phenoxy) is 1. The summed E-state index contributed by atoms with van der Waals surface area (Å²) in [4.78, 5) is 0. The van der Waals surface area contributed by atoms with Gasteiger partial charge in [-0.3, -0.25) is 0 Å². The Morgan fingerprint density at radius 3 is 2.88 bits per heavy atom. The number of benzene rings is 1. The average Bonchev–Trinajstić information content (AvgIpc) is 2.32. The number of hydrogen-bond donors (Lipinski definition) is 1. The minimum absolute atomic E-state index is 0.0245. The van der Waals surface area contributed by atoms with Gasteiger partial charge in [-0.05, 0) is 31.4 Å². The monoisotopic (exact) mass is 235 g/mol. The molecule has 0 heterocycles. The quantitative estimate of drug-likeness (QED) is 0.796. The predicted octanol–water partition coefficient (Wildman–Crippen LogP) is 2.51. The molecule has 1 aromatic rings. The topological polar surface area (TPSA) is 35.2 Å². The highest BCUT2D eigenvalue weighted by molar-refractivity contribution is 5.36. The summed E-state index contributed by atoms with van der Waals surface area (Å²) >= 11 is 0. The van der Waals surface area contributed by atoms with Crippen molar-refractivity contribution in [3.05, 3.63) is 29.6 Å². The first-order valence-corrected chi connectivity index (χ1v) is 5.74. The second kappa shape index (κ2) is 6.93. The van der Waals surface area contributed by atoms with E-state index in [9.17, 15) is 4.39 Å². The normalized spacial score (nSPS) is 11.5. The molecule has 0 fully saturated rings. The zero-order valence-electron chi connectivity index (χ0n) is 10.3. The van der Waals surface area contributed by atoms with E-state index in [0.29, 0.717) is 6.42 Å². The summed E-state index contributed by atoms with van der Waals surface area (Å²) in [6.45, 7) is 3.93. The van der Waals surface area contributed by atoms with Gasteiger partial charge in [-0.15, -0.1) is 5.92 Å². The van der Waals surface area contributed by atoms with Crippen LogP contribution in [0, 0.1) is 17.7 Å². The fraction of sp³-hybridized carbons (Fsp3) is 0.429. The van der Waals surface area contributed by atoms with Crippen molar-refractivity contribution in [3.8, 4) is 17.6 Å². The Morgan fingerprint density at radius 2 is 2.24 bits per heavy atom. The van der Waals surface area contributed by atoms with Crippen molar-refractivity contribution in [2.75, 3.05) is 6.61 Å². The molecular formula is C14H18FNO. The van der Waals surface area contributed by atoms with Crippen molar-refractivity contribution in [2.45, 2.75) is 32.7 Å². The van der Waals surface area contributed by atoms with Crippen LogP contribution in [0.5, 0.6) is 5.75 Å². The molecule has 2 N–H and O–H groups in total. The number of para-hydroxylation sites is 1. The van der Waals surface area contributed by atoms with E-state index in [4.69, 9.17) is 10.5 Å². The van der Waals surface area contributed by atoms with Crippen LogP contribution in [0.25, 0.3) is 0 Å². The Labute approximate surface area is 102 Å². The van der Waals surface area contributed by atoms with E-state index in [0.717, 1.165) is 12.0 Å². The standard InChI is InChI=1S/C14H18FNO/c1-3-5-9-17-14-11(10-12(16)4-2)7-6-8-13(14)15/h6-8,12H,4,9-10,16H2,1-2H3. The fourth-order valence-corrected chi connectivity index (χ4v) is 1.48. The molecule has 0 spiro atoms. The van der Waals surface area contributed by atoms with Crippen molar-refractivity contribution >= 4 is 0 Å². The molecule has 1 atom stereocenters. The van der Waals surface area contributed by atoms with Gasteiger partial charge in [0, 0.05) is 6.04 Å². The number of halogens is 1. The lowest BCUT2D eigenvalue weighted by Gasteiger charge is -2.13. The molecule has 0 amide bonds. The third-order valence-electron chi connectivity index (χ3n) is 2.52. The highest BCUT2D eigenvalue weighted by Crippen LogP contribution is 2.24. The second-order valence-electron chi connectivity index (χ2n) is 3.82. The van der Waals surface area contributed by atoms with Crippen molar-refractivity contribution in [3.63, 3.8) is 0 Å². The lowest BCUT2D eigenvalue weighted by Crippen LogP contribution is -2.22. The van der Waals surface area contributed by atoms with Crippen LogP contribution in [0.3, 0.4) is 0 Å². The number of nitrogens with two attached hydrogens (primary N) is 1. The lowest BCUT2D eigenvalue weighted by molar-refractivity contribution is 0.342. The van der Waals surface area contributed by atoms with Gasteiger partial charge in [-0.25, -0.2) is 4.39 Å². The van der Waals surface area contributed by atoms with Gasteiger partial charge in [-0.2, -0.15) is 0 Å². The Morgan fingerprint density at radius 1 is 1.47 bits per heavy atom. The van der Waals surface area contributed by atoms with E-state index in [1.807, 2.05) is 13.0 Å². The van der Waals surface area contributed by atoms with Crippen molar-refractivity contribution in [1.29, 1.82) is 0 Å². The van der Waals surface area contributed by atoms with Crippen LogP contribution in [0.2, 0.25) is 0 Å². The molecule has 0 radical (unpaired) electrons. The van der Waals surface area contributed by atoms with Gasteiger partial charge in [0.1, 0.15) is 6.61 Å². The molecule has 17 heavy (non-hydrogen) atoms. The summed E-state index contributed by atoms with van der Waals surface area (Å²) in [6.07, 6.45) is 1.47. The van der Waals surface area contributed by atoms with Gasteiger partial charge in [0.2, 0.25) is 0 Å². The molecule has 0 saturated heterocycles. The molecular weight excluding hydrogens is 217 g/mol. The third kappa shape index (κ3) is 4.08. The Hall–Kier alpha value is -1.53. The average molecular weight is 235 g/mol. The highest BCUT2D eigenvalue weighted by Gasteiger charge is 2.11. The van der Waals surface area contributed by atoms with E-state index < -0.39 is 0 Å². The number of rotatable bonds is 5. The molecule has 92 valence electrons. The van der Waals surface area contributed by atoms with Crippen molar-refractivity contribution in [1.82, 2.24) is 0 Å². The van der Waals surface area contributed by atoms with Crippen LogP contribution in [0.15, 0.2) is 18.2 Å². The maximum Gasteiger partial charge on any atom is 0.165 e. The second-order valence-corrected chi connectivity index (χ2v) is 3.82. The van der Waals surface area contributed by atoms with Crippen LogP contribution in [0.4, 0.5) is 4.39 Å². The Bertz CT molecular complexity index is 420. The van der Waals surface area contributed by atoms with E-state index in [1.165, 1.54) is 6.07 Å². The van der Waals surface area contributed by atoms with Gasteiger partial charge in [0.05, 0.1) is 0 Å². The zero-order chi connectivity index (χ0) is 12.7. The van der Waals surface area contributed by atoms with Crippen LogP contribution in [0.1, 0.15) is 25.8 Å². The summed E-state index contributed by atoms with van der Waals surface area (Å²) in [5, 5.41) is 0. The molecule has 0 bridgehead atoms. The van der Waals surface area contributed by atoms with Gasteiger partial charge in [0.25, 0.3) is 0 Å². The van der Waals surface area contributed by atoms with E-state index >= 15 is 0 Å². The van der Waals surface area contributed by atoms with Gasteiger partial charge in [-0.1, -0.05) is 25.0 Å². The molecule has 1 aromatic carbocycles. The molecule has 0 aliphatic heterocycles. The van der Waals surface area contributed by atoms with Crippen LogP contribution in [-0.4, -0.2) is 12.6 Å². The van der Waals surface area contributed by atoms with Gasteiger partial charge in [0.15, 0.2) is 11.6 Å². The molecule has 2 nitrogen and oxygen atoms in total. The molecule has 3 heteroatoms. The van der Waals surface area contributed by atoms with E-state index in [1.54, 1.807) is 13.0 Å². The zero-order valence-corrected chi connectivity index (χ0v) is 10.3. The third-order valence-corrected chi connectivity index (χ3v) is 2.52. The Kier molecular flexibility index (Phi) is 5.51. The van der Waals surface area contributed by atoms with Crippen molar-refractivity contribution in [2.24, 2.45) is 5.73 Å². The fourth-order valence-electron chi connectivity index (χ4n) is 1.48. The highest BCUT2D eigenvalue weighted by atomic mass is 19.1. The minimum atomic E-state index is -0.358. The first-order valence-electron chi connectivity index (χ1n) is 5.74. The largest absolute Gasteiger partial charge is 0.478 e. The molecule has 0 aliphatic rings. The summed E-state index contributed by atoms with van der Waals surface area (Å²) in [6, 6.07) is 4.92. The summed E-state index contributed by atoms with van der Waals surface area (Å²) in [7, 11) is 0. The molecule has 1 unspecified atom stereocenters. The number of hydrogen-bond acceptors (Lipinski definition) is 2. The van der Waals surface area contributed by atoms with Crippen LogP contribution >= 0.6 is 0 Å². The summed E-state index contributed by atoms with van der Waals surface area (Å²) in [5.41, 5.74) is 6.68. The van der Waals surface area contributed by atoms with Crippen LogP contribution < -0.4 is 10.5 Å². The molecule has 0 aliphatic carbocycles.